The molecule has 1 fully saturated rings. The molecular formula is C16H24N2O2. The third-order valence-corrected chi connectivity index (χ3v) is 4.31. The minimum atomic E-state index is -0.874. The molecule has 0 atom stereocenters. The van der Waals surface area contributed by atoms with Crippen molar-refractivity contribution < 1.29 is 9.90 Å². The standard InChI is InChI=1S/C16H24N2O2/c1-12-4-5-13(15(19)20)14(10-12)17-11-16(2)6-8-18(3)9-7-16/h4-5,10,17H,6-9,11H2,1-3H3,(H,19,20). The van der Waals surface area contributed by atoms with E-state index in [0.717, 1.165) is 43.7 Å². The highest BCUT2D eigenvalue weighted by molar-refractivity contribution is 5.94. The number of likely N-dealkylation sites (tertiary alicyclic amines) is 1. The normalized spacial score (nSPS) is 18.8. The van der Waals surface area contributed by atoms with Crippen LogP contribution in [0.3, 0.4) is 0 Å². The summed E-state index contributed by atoms with van der Waals surface area (Å²) in [6.45, 7) is 7.30. The molecule has 0 spiro atoms. The fourth-order valence-electron chi connectivity index (χ4n) is 2.63. The number of anilines is 1. The van der Waals surface area contributed by atoms with Crippen LogP contribution in [0.25, 0.3) is 0 Å². The van der Waals surface area contributed by atoms with Crippen molar-refractivity contribution in [3.05, 3.63) is 29.3 Å². The molecule has 0 saturated carbocycles. The average Bonchev–Trinajstić information content (AvgIpc) is 2.40. The van der Waals surface area contributed by atoms with Gasteiger partial charge in [-0.1, -0.05) is 13.0 Å². The molecule has 0 amide bonds. The van der Waals surface area contributed by atoms with Crippen LogP contribution in [-0.4, -0.2) is 42.7 Å². The fraction of sp³-hybridized carbons (Fsp3) is 0.562. The molecule has 0 radical (unpaired) electrons. The van der Waals surface area contributed by atoms with E-state index in [9.17, 15) is 9.90 Å². The Bertz CT molecular complexity index is 491. The third-order valence-electron chi connectivity index (χ3n) is 4.31. The van der Waals surface area contributed by atoms with Crippen molar-refractivity contribution in [1.82, 2.24) is 4.90 Å². The molecule has 4 heteroatoms. The number of carbonyl (C=O) groups is 1. The van der Waals surface area contributed by atoms with E-state index in [1.165, 1.54) is 0 Å². The zero-order valence-corrected chi connectivity index (χ0v) is 12.6. The molecule has 2 N–H and O–H groups in total. The van der Waals surface area contributed by atoms with Crippen molar-refractivity contribution in [2.24, 2.45) is 5.41 Å². The minimum Gasteiger partial charge on any atom is -0.478 e. The number of hydrogen-bond acceptors (Lipinski definition) is 3. The Morgan fingerprint density at radius 3 is 2.65 bits per heavy atom. The molecule has 2 rings (SSSR count). The lowest BCUT2D eigenvalue weighted by molar-refractivity contribution is 0.0697. The van der Waals surface area contributed by atoms with Crippen molar-refractivity contribution in [1.29, 1.82) is 0 Å². The van der Waals surface area contributed by atoms with Crippen LogP contribution in [-0.2, 0) is 0 Å². The molecule has 1 saturated heterocycles. The van der Waals surface area contributed by atoms with Crippen molar-refractivity contribution in [2.45, 2.75) is 26.7 Å². The summed E-state index contributed by atoms with van der Waals surface area (Å²) in [5.41, 5.74) is 2.40. The number of hydrogen-bond donors (Lipinski definition) is 2. The van der Waals surface area contributed by atoms with Gasteiger partial charge in [0.2, 0.25) is 0 Å². The Labute approximate surface area is 120 Å². The Kier molecular flexibility index (Phi) is 4.33. The highest BCUT2D eigenvalue weighted by atomic mass is 16.4. The summed E-state index contributed by atoms with van der Waals surface area (Å²) in [4.78, 5) is 13.6. The lowest BCUT2D eigenvalue weighted by Crippen LogP contribution is -2.40. The van der Waals surface area contributed by atoms with E-state index >= 15 is 0 Å². The quantitative estimate of drug-likeness (QED) is 0.888. The van der Waals surface area contributed by atoms with Crippen LogP contribution in [0.15, 0.2) is 18.2 Å². The summed E-state index contributed by atoms with van der Waals surface area (Å²) in [6.07, 6.45) is 2.29. The van der Waals surface area contributed by atoms with Gasteiger partial charge in [0.1, 0.15) is 0 Å². The van der Waals surface area contributed by atoms with Gasteiger partial charge in [-0.2, -0.15) is 0 Å². The maximum Gasteiger partial charge on any atom is 0.337 e. The molecule has 0 bridgehead atoms. The molecule has 1 aromatic rings. The van der Waals surface area contributed by atoms with E-state index < -0.39 is 5.97 Å². The Hall–Kier alpha value is -1.55. The van der Waals surface area contributed by atoms with Gasteiger partial charge in [0.15, 0.2) is 0 Å². The molecule has 0 aliphatic carbocycles. The first-order valence-electron chi connectivity index (χ1n) is 7.16. The Balaban J connectivity index is 2.07. The van der Waals surface area contributed by atoms with E-state index in [1.54, 1.807) is 6.07 Å². The van der Waals surface area contributed by atoms with E-state index in [4.69, 9.17) is 0 Å². The summed E-state index contributed by atoms with van der Waals surface area (Å²) in [7, 11) is 2.15. The second-order valence-electron chi connectivity index (χ2n) is 6.32. The molecule has 1 heterocycles. The van der Waals surface area contributed by atoms with Gasteiger partial charge in [0.05, 0.1) is 5.56 Å². The SMILES string of the molecule is Cc1ccc(C(=O)O)c(NCC2(C)CCN(C)CC2)c1. The van der Waals surface area contributed by atoms with Crippen molar-refractivity contribution in [3.63, 3.8) is 0 Å². The van der Waals surface area contributed by atoms with E-state index in [0.29, 0.717) is 5.56 Å². The summed E-state index contributed by atoms with van der Waals surface area (Å²) in [6, 6.07) is 5.44. The molecule has 1 aromatic carbocycles. The zero-order valence-electron chi connectivity index (χ0n) is 12.6. The maximum atomic E-state index is 11.3. The first-order valence-corrected chi connectivity index (χ1v) is 7.16. The van der Waals surface area contributed by atoms with Gasteiger partial charge in [0.25, 0.3) is 0 Å². The van der Waals surface area contributed by atoms with Crippen molar-refractivity contribution >= 4 is 11.7 Å². The van der Waals surface area contributed by atoms with Crippen LogP contribution in [0, 0.1) is 12.3 Å². The van der Waals surface area contributed by atoms with E-state index in [1.807, 2.05) is 19.1 Å². The predicted molar refractivity (Wildman–Crippen MR) is 81.5 cm³/mol. The first-order chi connectivity index (χ1) is 9.39. The monoisotopic (exact) mass is 276 g/mol. The number of carboxylic acid groups (broad SMARTS) is 1. The van der Waals surface area contributed by atoms with Crippen LogP contribution >= 0.6 is 0 Å². The molecule has 1 aliphatic heterocycles. The number of carboxylic acids is 1. The fourth-order valence-corrected chi connectivity index (χ4v) is 2.63. The molecule has 4 nitrogen and oxygen atoms in total. The molecule has 0 unspecified atom stereocenters. The lowest BCUT2D eigenvalue weighted by atomic mass is 9.80. The third kappa shape index (κ3) is 3.51. The highest BCUT2D eigenvalue weighted by Crippen LogP contribution is 2.31. The number of nitrogens with one attached hydrogen (secondary N) is 1. The van der Waals surface area contributed by atoms with Gasteiger partial charge in [-0.15, -0.1) is 0 Å². The van der Waals surface area contributed by atoms with Gasteiger partial charge in [-0.05, 0) is 63.0 Å². The number of aromatic carboxylic acids is 1. The number of piperidine rings is 1. The number of nitrogens with zero attached hydrogens (tertiary/aromatic N) is 1. The minimum absolute atomic E-state index is 0.242. The topological polar surface area (TPSA) is 52.6 Å². The van der Waals surface area contributed by atoms with Crippen LogP contribution in [0.2, 0.25) is 0 Å². The predicted octanol–water partition coefficient (Wildman–Crippen LogP) is 2.84. The number of rotatable bonds is 4. The van der Waals surface area contributed by atoms with Gasteiger partial charge in [0, 0.05) is 12.2 Å². The van der Waals surface area contributed by atoms with Crippen LogP contribution in [0.5, 0.6) is 0 Å². The van der Waals surface area contributed by atoms with Crippen LogP contribution < -0.4 is 5.32 Å². The number of benzene rings is 1. The van der Waals surface area contributed by atoms with E-state index in [-0.39, 0.29) is 5.41 Å². The van der Waals surface area contributed by atoms with Gasteiger partial charge >= 0.3 is 5.97 Å². The maximum absolute atomic E-state index is 11.3. The van der Waals surface area contributed by atoms with Crippen LogP contribution in [0.4, 0.5) is 5.69 Å². The van der Waals surface area contributed by atoms with Crippen molar-refractivity contribution in [3.8, 4) is 0 Å². The largest absolute Gasteiger partial charge is 0.478 e. The van der Waals surface area contributed by atoms with Gasteiger partial charge in [-0.3, -0.25) is 0 Å². The molecule has 110 valence electrons. The average molecular weight is 276 g/mol. The lowest BCUT2D eigenvalue weighted by Gasteiger charge is -2.38. The van der Waals surface area contributed by atoms with E-state index in [2.05, 4.69) is 24.2 Å². The van der Waals surface area contributed by atoms with Crippen LogP contribution in [0.1, 0.15) is 35.7 Å². The summed E-state index contributed by atoms with van der Waals surface area (Å²) in [5, 5.41) is 12.6. The van der Waals surface area contributed by atoms with Gasteiger partial charge in [-0.25, -0.2) is 4.79 Å². The Morgan fingerprint density at radius 2 is 2.05 bits per heavy atom. The molecule has 0 aromatic heterocycles. The molecule has 20 heavy (non-hydrogen) atoms. The van der Waals surface area contributed by atoms with Crippen molar-refractivity contribution in [2.75, 3.05) is 32.0 Å². The second kappa shape index (κ2) is 5.83. The summed E-state index contributed by atoms with van der Waals surface area (Å²) >= 11 is 0. The first kappa shape index (κ1) is 14.9. The van der Waals surface area contributed by atoms with Gasteiger partial charge < -0.3 is 15.3 Å². The summed E-state index contributed by atoms with van der Waals surface area (Å²) < 4.78 is 0. The summed E-state index contributed by atoms with van der Waals surface area (Å²) in [5.74, 6) is -0.874. The number of aryl methyl sites for hydroxylation is 1. The molecular weight excluding hydrogens is 252 g/mol. The second-order valence-corrected chi connectivity index (χ2v) is 6.32. The highest BCUT2D eigenvalue weighted by Gasteiger charge is 2.28. The Morgan fingerprint density at radius 1 is 1.40 bits per heavy atom. The zero-order chi connectivity index (χ0) is 14.8. The molecule has 1 aliphatic rings. The smallest absolute Gasteiger partial charge is 0.337 e.